The molecule has 1 amide bonds. The Morgan fingerprint density at radius 2 is 1.67 bits per heavy atom. The minimum Gasteiger partial charge on any atom is -0.453 e. The third-order valence-electron chi connectivity index (χ3n) is 2.74. The summed E-state index contributed by atoms with van der Waals surface area (Å²) in [6.07, 6.45) is -0.579. The Balaban J connectivity index is 2.01. The van der Waals surface area contributed by atoms with E-state index in [1.807, 2.05) is 43.3 Å². The van der Waals surface area contributed by atoms with Crippen LogP contribution in [-0.4, -0.2) is 37.5 Å². The average Bonchev–Trinajstić information content (AvgIpc) is 2.49. The van der Waals surface area contributed by atoms with Crippen LogP contribution in [0.15, 0.2) is 36.4 Å². The number of nitrogens with zero attached hydrogens (tertiary/aromatic N) is 3. The summed E-state index contributed by atoms with van der Waals surface area (Å²) in [4.78, 5) is 13.0. The third-order valence-corrected chi connectivity index (χ3v) is 2.74. The highest BCUT2D eigenvalue weighted by Crippen LogP contribution is 2.19. The summed E-state index contributed by atoms with van der Waals surface area (Å²) in [5.41, 5.74) is 2.02. The maximum atomic E-state index is 11.0. The van der Waals surface area contributed by atoms with E-state index in [9.17, 15) is 4.79 Å². The maximum absolute atomic E-state index is 11.0. The third kappa shape index (κ3) is 4.07. The summed E-state index contributed by atoms with van der Waals surface area (Å²) in [6, 6.07) is 11.3. The second-order valence-electron chi connectivity index (χ2n) is 4.49. The van der Waals surface area contributed by atoms with Crippen molar-refractivity contribution in [2.24, 2.45) is 0 Å². The van der Waals surface area contributed by atoms with Crippen molar-refractivity contribution in [3.05, 3.63) is 36.4 Å². The van der Waals surface area contributed by atoms with E-state index in [0.29, 0.717) is 11.6 Å². The highest BCUT2D eigenvalue weighted by atomic mass is 16.5. The number of methoxy groups -OCH3 is 1. The van der Waals surface area contributed by atoms with Gasteiger partial charge in [0.1, 0.15) is 0 Å². The van der Waals surface area contributed by atoms with Crippen LogP contribution in [0.3, 0.4) is 0 Å². The highest BCUT2D eigenvalue weighted by molar-refractivity contribution is 5.83. The zero-order valence-electron chi connectivity index (χ0n) is 12.1. The van der Waals surface area contributed by atoms with Crippen molar-refractivity contribution >= 4 is 29.1 Å². The van der Waals surface area contributed by atoms with Crippen molar-refractivity contribution in [1.82, 2.24) is 10.2 Å². The zero-order chi connectivity index (χ0) is 15.2. The molecule has 110 valence electrons. The van der Waals surface area contributed by atoms with E-state index in [4.69, 9.17) is 0 Å². The van der Waals surface area contributed by atoms with Gasteiger partial charge in [0.2, 0.25) is 0 Å². The van der Waals surface area contributed by atoms with Crippen LogP contribution in [0.25, 0.3) is 0 Å². The summed E-state index contributed by atoms with van der Waals surface area (Å²) < 4.78 is 4.47. The molecule has 0 unspecified atom stereocenters. The van der Waals surface area contributed by atoms with Crippen molar-refractivity contribution in [1.29, 1.82) is 0 Å². The van der Waals surface area contributed by atoms with Gasteiger partial charge in [0.15, 0.2) is 11.6 Å². The number of nitrogens with one attached hydrogen (secondary N) is 2. The number of benzene rings is 1. The fraction of sp³-hybridized carbons (Fsp3) is 0.214. The summed E-state index contributed by atoms with van der Waals surface area (Å²) in [5, 5.41) is 13.4. The fourth-order valence-electron chi connectivity index (χ4n) is 1.61. The van der Waals surface area contributed by atoms with Gasteiger partial charge in [-0.1, -0.05) is 0 Å². The van der Waals surface area contributed by atoms with E-state index in [1.165, 1.54) is 7.11 Å². The molecule has 0 bridgehead atoms. The van der Waals surface area contributed by atoms with Gasteiger partial charge in [-0.15, -0.1) is 10.2 Å². The molecule has 0 aliphatic rings. The molecule has 21 heavy (non-hydrogen) atoms. The van der Waals surface area contributed by atoms with Crippen LogP contribution < -0.4 is 15.5 Å². The van der Waals surface area contributed by atoms with Crippen LogP contribution in [0.4, 0.5) is 27.8 Å². The molecule has 0 radical (unpaired) electrons. The molecular formula is C14H17N5O2. The van der Waals surface area contributed by atoms with E-state index in [0.717, 1.165) is 11.4 Å². The van der Waals surface area contributed by atoms with Crippen LogP contribution in [0.5, 0.6) is 0 Å². The Morgan fingerprint density at radius 3 is 2.19 bits per heavy atom. The number of hydrogen-bond acceptors (Lipinski definition) is 6. The van der Waals surface area contributed by atoms with Gasteiger partial charge in [0.05, 0.1) is 7.11 Å². The first-order valence-corrected chi connectivity index (χ1v) is 6.31. The quantitative estimate of drug-likeness (QED) is 0.899. The molecule has 7 nitrogen and oxygen atoms in total. The summed E-state index contributed by atoms with van der Waals surface area (Å²) in [6.45, 7) is 0. The molecule has 0 aliphatic carbocycles. The van der Waals surface area contributed by atoms with Crippen molar-refractivity contribution in [3.63, 3.8) is 0 Å². The first-order valence-electron chi connectivity index (χ1n) is 6.31. The fourth-order valence-corrected chi connectivity index (χ4v) is 1.61. The lowest BCUT2D eigenvalue weighted by atomic mass is 10.2. The first-order chi connectivity index (χ1) is 10.1. The monoisotopic (exact) mass is 287 g/mol. The summed E-state index contributed by atoms with van der Waals surface area (Å²) in [7, 11) is 5.26. The van der Waals surface area contributed by atoms with Crippen LogP contribution in [-0.2, 0) is 4.74 Å². The number of rotatable bonds is 4. The predicted molar refractivity (Wildman–Crippen MR) is 82.1 cm³/mol. The lowest BCUT2D eigenvalue weighted by Gasteiger charge is -2.13. The average molecular weight is 287 g/mol. The van der Waals surface area contributed by atoms with Crippen molar-refractivity contribution in [2.45, 2.75) is 0 Å². The molecule has 0 atom stereocenters. The van der Waals surface area contributed by atoms with E-state index in [-0.39, 0.29) is 0 Å². The van der Waals surface area contributed by atoms with Gasteiger partial charge in [-0.3, -0.25) is 5.32 Å². The molecule has 1 aromatic carbocycles. The number of aromatic nitrogens is 2. The molecule has 2 N–H and O–H groups in total. The molecule has 0 fully saturated rings. The zero-order valence-corrected chi connectivity index (χ0v) is 12.1. The SMILES string of the molecule is COC(=O)Nc1ccc(Nc2ccc(N(C)C)cc2)nn1. The van der Waals surface area contributed by atoms with Gasteiger partial charge >= 0.3 is 6.09 Å². The van der Waals surface area contributed by atoms with Gasteiger partial charge in [-0.2, -0.15) is 0 Å². The minimum absolute atomic E-state index is 0.329. The topological polar surface area (TPSA) is 79.4 Å². The van der Waals surface area contributed by atoms with Crippen LogP contribution in [0.1, 0.15) is 0 Å². The second kappa shape index (κ2) is 6.56. The second-order valence-corrected chi connectivity index (χ2v) is 4.49. The Labute approximate surface area is 122 Å². The van der Waals surface area contributed by atoms with Gasteiger partial charge < -0.3 is 15.0 Å². The molecule has 1 aromatic heterocycles. The standard InChI is InChI=1S/C14H17N5O2/c1-19(2)11-6-4-10(5-7-11)15-12-8-9-13(18-17-12)16-14(20)21-3/h4-9H,1-3H3,(H,15,17)(H,16,18,20). The van der Waals surface area contributed by atoms with Gasteiger partial charge in [0, 0.05) is 25.5 Å². The van der Waals surface area contributed by atoms with Gasteiger partial charge in [-0.05, 0) is 36.4 Å². The first kappa shape index (κ1) is 14.6. The minimum atomic E-state index is -0.579. The molecule has 0 saturated heterocycles. The van der Waals surface area contributed by atoms with Gasteiger partial charge in [0.25, 0.3) is 0 Å². The van der Waals surface area contributed by atoms with E-state index in [2.05, 4.69) is 25.6 Å². The van der Waals surface area contributed by atoms with E-state index >= 15 is 0 Å². The van der Waals surface area contributed by atoms with Gasteiger partial charge in [-0.25, -0.2) is 4.79 Å². The Bertz CT molecular complexity index is 596. The van der Waals surface area contributed by atoms with Crippen molar-refractivity contribution in [2.75, 3.05) is 36.7 Å². The van der Waals surface area contributed by atoms with Crippen molar-refractivity contribution in [3.8, 4) is 0 Å². The molecule has 0 aliphatic heterocycles. The Kier molecular flexibility index (Phi) is 4.55. The number of amides is 1. The number of hydrogen-bond donors (Lipinski definition) is 2. The molecule has 0 spiro atoms. The molecular weight excluding hydrogens is 270 g/mol. The Morgan fingerprint density at radius 1 is 1.05 bits per heavy atom. The molecule has 0 saturated carbocycles. The summed E-state index contributed by atoms with van der Waals surface area (Å²) in [5.74, 6) is 0.915. The van der Waals surface area contributed by atoms with Crippen LogP contribution in [0, 0.1) is 0 Å². The number of carbonyl (C=O) groups is 1. The van der Waals surface area contributed by atoms with Crippen LogP contribution >= 0.6 is 0 Å². The number of anilines is 4. The lowest BCUT2D eigenvalue weighted by Crippen LogP contribution is -2.12. The smallest absolute Gasteiger partial charge is 0.412 e. The number of carbonyl (C=O) groups excluding carboxylic acids is 1. The van der Waals surface area contributed by atoms with E-state index in [1.54, 1.807) is 12.1 Å². The molecule has 7 heteroatoms. The summed E-state index contributed by atoms with van der Waals surface area (Å²) >= 11 is 0. The van der Waals surface area contributed by atoms with Crippen LogP contribution in [0.2, 0.25) is 0 Å². The predicted octanol–water partition coefficient (Wildman–Crippen LogP) is 2.46. The maximum Gasteiger partial charge on any atom is 0.412 e. The lowest BCUT2D eigenvalue weighted by molar-refractivity contribution is 0.187. The van der Waals surface area contributed by atoms with Crippen molar-refractivity contribution < 1.29 is 9.53 Å². The Hall–Kier alpha value is -2.83. The van der Waals surface area contributed by atoms with E-state index < -0.39 is 6.09 Å². The molecule has 1 heterocycles. The molecule has 2 rings (SSSR count). The normalized spacial score (nSPS) is 9.86. The number of ether oxygens (including phenoxy) is 1. The highest BCUT2D eigenvalue weighted by Gasteiger charge is 2.03. The largest absolute Gasteiger partial charge is 0.453 e. The molecule has 2 aromatic rings.